The Balaban J connectivity index is 1.68. The van der Waals surface area contributed by atoms with Gasteiger partial charge in [-0.1, -0.05) is 34.6 Å². The molecule has 0 bridgehead atoms. The molecule has 25 heavy (non-hydrogen) atoms. The first-order chi connectivity index (χ1) is 11.9. The lowest BCUT2D eigenvalue weighted by atomic mass is 10.2. The number of aliphatic imine (C=N–C) groups is 1. The summed E-state index contributed by atoms with van der Waals surface area (Å²) in [6.07, 6.45) is 0. The summed E-state index contributed by atoms with van der Waals surface area (Å²) >= 11 is 1.24. The van der Waals surface area contributed by atoms with Gasteiger partial charge in [-0.25, -0.2) is 0 Å². The van der Waals surface area contributed by atoms with Gasteiger partial charge in [0.05, 0.1) is 10.9 Å². The predicted molar refractivity (Wildman–Crippen MR) is 97.9 cm³/mol. The number of amidine groups is 1. The maximum atomic E-state index is 12.3. The molecule has 1 aliphatic heterocycles. The average Bonchev–Trinajstić information content (AvgIpc) is 3.14. The number of nitrogens with one attached hydrogen (secondary N) is 1. The van der Waals surface area contributed by atoms with Gasteiger partial charge < -0.3 is 9.84 Å². The second-order valence-corrected chi connectivity index (χ2v) is 7.04. The smallest absolute Gasteiger partial charge is 0.254 e. The number of aryl methyl sites for hydroxylation is 2. The number of hydrogen-bond donors (Lipinski definition) is 1. The van der Waals surface area contributed by atoms with Gasteiger partial charge in [0.2, 0.25) is 5.91 Å². The first kappa shape index (κ1) is 17.2. The van der Waals surface area contributed by atoms with E-state index in [1.165, 1.54) is 11.8 Å². The van der Waals surface area contributed by atoms with Gasteiger partial charge >= 0.3 is 0 Å². The fourth-order valence-corrected chi connectivity index (χ4v) is 3.22. The molecule has 3 rings (SSSR count). The summed E-state index contributed by atoms with van der Waals surface area (Å²) in [5.74, 6) is 0.650. The minimum Gasteiger partial charge on any atom is -0.360 e. The molecular formula is C17H18N4O3S. The summed E-state index contributed by atoms with van der Waals surface area (Å²) in [6.45, 7) is 5.58. The van der Waals surface area contributed by atoms with Gasteiger partial charge in [-0.3, -0.25) is 19.5 Å². The zero-order valence-corrected chi connectivity index (χ0v) is 15.0. The van der Waals surface area contributed by atoms with Crippen LogP contribution in [-0.4, -0.2) is 33.9 Å². The molecule has 2 amide bonds. The summed E-state index contributed by atoms with van der Waals surface area (Å²) in [6, 6.07) is 9.26. The molecule has 1 aromatic heterocycles. The van der Waals surface area contributed by atoms with Crippen LogP contribution in [0.4, 0.5) is 11.5 Å². The Morgan fingerprint density at radius 1 is 1.32 bits per heavy atom. The Morgan fingerprint density at radius 3 is 2.68 bits per heavy atom. The first-order valence-corrected chi connectivity index (χ1v) is 8.67. The summed E-state index contributed by atoms with van der Waals surface area (Å²) in [5, 5.41) is 6.50. The number of carbonyl (C=O) groups excluding carboxylic acids is 2. The van der Waals surface area contributed by atoms with Crippen LogP contribution in [0.25, 0.3) is 0 Å². The maximum Gasteiger partial charge on any atom is 0.254 e. The van der Waals surface area contributed by atoms with Crippen LogP contribution >= 0.6 is 11.8 Å². The van der Waals surface area contributed by atoms with Crippen molar-refractivity contribution in [3.8, 4) is 0 Å². The predicted octanol–water partition coefficient (Wildman–Crippen LogP) is 2.75. The highest BCUT2D eigenvalue weighted by molar-refractivity contribution is 8.15. The van der Waals surface area contributed by atoms with E-state index in [-0.39, 0.29) is 18.4 Å². The molecule has 1 N–H and O–H groups in total. The van der Waals surface area contributed by atoms with Crippen LogP contribution in [0, 0.1) is 13.8 Å². The fourth-order valence-electron chi connectivity index (χ4n) is 2.29. The number of carbonyl (C=O) groups is 2. The number of hydrogen-bond acceptors (Lipinski definition) is 6. The Kier molecular flexibility index (Phi) is 4.89. The van der Waals surface area contributed by atoms with Crippen molar-refractivity contribution < 1.29 is 14.1 Å². The largest absolute Gasteiger partial charge is 0.360 e. The van der Waals surface area contributed by atoms with E-state index in [1.807, 2.05) is 31.2 Å². The van der Waals surface area contributed by atoms with Gasteiger partial charge in [-0.2, -0.15) is 0 Å². The van der Waals surface area contributed by atoms with E-state index < -0.39 is 5.25 Å². The highest BCUT2D eigenvalue weighted by Crippen LogP contribution is 2.27. The minimum atomic E-state index is -0.449. The third kappa shape index (κ3) is 3.90. The molecular weight excluding hydrogens is 340 g/mol. The molecule has 8 heteroatoms. The number of anilines is 2. The molecule has 130 valence electrons. The second-order valence-electron chi connectivity index (χ2n) is 5.74. The van der Waals surface area contributed by atoms with Crippen LogP contribution in [0.5, 0.6) is 0 Å². The van der Waals surface area contributed by atoms with Crippen molar-refractivity contribution in [3.05, 3.63) is 41.7 Å². The van der Waals surface area contributed by atoms with Gasteiger partial charge in [0.15, 0.2) is 11.0 Å². The molecule has 1 atom stereocenters. The maximum absolute atomic E-state index is 12.3. The summed E-state index contributed by atoms with van der Waals surface area (Å²) in [5.41, 5.74) is 1.86. The van der Waals surface area contributed by atoms with Crippen LogP contribution in [0.3, 0.4) is 0 Å². The number of rotatable bonds is 4. The Labute approximate surface area is 149 Å². The Bertz CT molecular complexity index is 829. The molecule has 0 saturated heterocycles. The van der Waals surface area contributed by atoms with Crippen molar-refractivity contribution in [1.29, 1.82) is 0 Å². The highest BCUT2D eigenvalue weighted by atomic mass is 32.2. The third-order valence-corrected chi connectivity index (χ3v) is 4.70. The molecule has 0 unspecified atom stereocenters. The van der Waals surface area contributed by atoms with E-state index in [9.17, 15) is 9.59 Å². The summed E-state index contributed by atoms with van der Waals surface area (Å²) in [4.78, 5) is 30.3. The highest BCUT2D eigenvalue weighted by Gasteiger charge is 2.30. The molecule has 0 spiro atoms. The summed E-state index contributed by atoms with van der Waals surface area (Å²) in [7, 11) is 0. The lowest BCUT2D eigenvalue weighted by molar-refractivity contribution is -0.116. The third-order valence-electron chi connectivity index (χ3n) is 3.61. The fraction of sp³-hybridized carbons (Fsp3) is 0.294. The number of nitrogens with zero attached hydrogens (tertiary/aromatic N) is 3. The van der Waals surface area contributed by atoms with Crippen molar-refractivity contribution in [2.24, 2.45) is 4.99 Å². The number of benzene rings is 1. The summed E-state index contributed by atoms with van der Waals surface area (Å²) < 4.78 is 4.93. The molecule has 0 saturated carbocycles. The molecule has 7 nitrogen and oxygen atoms in total. The molecule has 1 aliphatic rings. The van der Waals surface area contributed by atoms with E-state index in [4.69, 9.17) is 4.52 Å². The number of aromatic nitrogens is 1. The lowest BCUT2D eigenvalue weighted by Gasteiger charge is -2.20. The zero-order chi connectivity index (χ0) is 18.0. The van der Waals surface area contributed by atoms with Crippen LogP contribution < -0.4 is 10.2 Å². The zero-order valence-electron chi connectivity index (χ0n) is 14.1. The molecule has 0 radical (unpaired) electrons. The lowest BCUT2D eigenvalue weighted by Crippen LogP contribution is -2.33. The van der Waals surface area contributed by atoms with E-state index >= 15 is 0 Å². The standard InChI is InChI=1S/C17H18N4O3S/c1-10-4-6-13(7-5-10)21-15(22)9-18-17(21)25-12(3)16(23)19-14-8-11(2)24-20-14/h4-8,12H,9H2,1-3H3,(H,19,20,23)/t12-/m1/s1. The van der Waals surface area contributed by atoms with Gasteiger partial charge in [0.25, 0.3) is 5.91 Å². The van der Waals surface area contributed by atoms with Gasteiger partial charge in [0, 0.05) is 6.07 Å². The Hall–Kier alpha value is -2.61. The SMILES string of the molecule is Cc1ccc(N2C(=O)CN=C2S[C@H](C)C(=O)Nc2cc(C)on2)cc1. The van der Waals surface area contributed by atoms with Gasteiger partial charge in [0.1, 0.15) is 12.3 Å². The van der Waals surface area contributed by atoms with E-state index in [0.29, 0.717) is 16.7 Å². The van der Waals surface area contributed by atoms with Gasteiger partial charge in [-0.15, -0.1) is 0 Å². The van der Waals surface area contributed by atoms with E-state index in [0.717, 1.165) is 11.3 Å². The van der Waals surface area contributed by atoms with E-state index in [1.54, 1.807) is 24.8 Å². The number of amides is 2. The first-order valence-electron chi connectivity index (χ1n) is 7.79. The van der Waals surface area contributed by atoms with Crippen LogP contribution in [-0.2, 0) is 9.59 Å². The van der Waals surface area contributed by atoms with Crippen molar-refractivity contribution in [3.63, 3.8) is 0 Å². The average molecular weight is 358 g/mol. The molecule has 0 fully saturated rings. The topological polar surface area (TPSA) is 87.8 Å². The van der Waals surface area contributed by atoms with Crippen molar-refractivity contribution in [2.45, 2.75) is 26.0 Å². The van der Waals surface area contributed by atoms with E-state index in [2.05, 4.69) is 15.5 Å². The van der Waals surface area contributed by atoms with Crippen molar-refractivity contribution in [1.82, 2.24) is 5.16 Å². The molecule has 2 aromatic rings. The van der Waals surface area contributed by atoms with Gasteiger partial charge in [-0.05, 0) is 32.9 Å². The second kappa shape index (κ2) is 7.10. The monoisotopic (exact) mass is 358 g/mol. The van der Waals surface area contributed by atoms with Crippen LogP contribution in [0.15, 0.2) is 39.8 Å². The minimum absolute atomic E-state index is 0.0903. The van der Waals surface area contributed by atoms with Crippen LogP contribution in [0.1, 0.15) is 18.2 Å². The quantitative estimate of drug-likeness (QED) is 0.908. The van der Waals surface area contributed by atoms with Crippen molar-refractivity contribution in [2.75, 3.05) is 16.8 Å². The molecule has 0 aliphatic carbocycles. The van der Waals surface area contributed by atoms with Crippen molar-refractivity contribution >= 4 is 40.2 Å². The molecule has 2 heterocycles. The Morgan fingerprint density at radius 2 is 2.04 bits per heavy atom. The molecule has 1 aromatic carbocycles. The van der Waals surface area contributed by atoms with Crippen LogP contribution in [0.2, 0.25) is 0 Å². The normalized spacial score (nSPS) is 15.2. The number of thioether (sulfide) groups is 1.